The summed E-state index contributed by atoms with van der Waals surface area (Å²) in [7, 11) is 1.88. The number of nitriles is 1. The minimum Gasteiger partial charge on any atom is -0.497 e. The second kappa shape index (κ2) is 34.0. The molecule has 0 unspecified atom stereocenters. The van der Waals surface area contributed by atoms with Gasteiger partial charge in [0.25, 0.3) is 0 Å². The molecule has 0 aliphatic carbocycles. The first-order chi connectivity index (χ1) is 35.0. The first kappa shape index (κ1) is 60.8. The zero-order chi connectivity index (χ0) is 52.0. The Kier molecular flexibility index (Phi) is 28.7. The van der Waals surface area contributed by atoms with Crippen LogP contribution in [0.1, 0.15) is 199 Å². The van der Waals surface area contributed by atoms with Gasteiger partial charge in [0.05, 0.1) is 45.1 Å². The normalized spacial score (nSPS) is 17.2. The maximum Gasteiger partial charge on any atom is 0.219 e. The molecule has 3 aromatic rings. The molecular formula is C61H96N3O7P. The van der Waals surface area contributed by atoms with Crippen LogP contribution < -0.4 is 14.8 Å². The summed E-state index contributed by atoms with van der Waals surface area (Å²) in [5.74, 6) is 1.54. The van der Waals surface area contributed by atoms with Crippen LogP contribution in [0.5, 0.6) is 11.5 Å². The SMILES string of the molecule is CCCCCCCCCCCCCCCCCCCCCC(=O)NCCC[C@@H]1O[C@@H](COC(c2ccccc2)(c2ccc(OC)cc2)c2ccc(OC)cc2)[C@@H](N(CCC#N)P(=O)(C(C)C)C(C)C)[C@@H]1OC. The van der Waals surface area contributed by atoms with Crippen LogP contribution in [0.4, 0.5) is 0 Å². The van der Waals surface area contributed by atoms with E-state index in [9.17, 15) is 10.1 Å². The standard InChI is InChI=1S/C61H96N3O7P/c1-9-10-11-12-13-14-15-16-17-18-19-20-21-22-23-24-25-26-30-36-58(65)63-46-31-35-56-60(69-8)59(64(47-32-45-62)72(66,49(2)3)50(4)5)57(71-56)48-70-61(51-33-28-27-29-34-51,52-37-41-54(67-6)42-38-52)53-39-43-55(68-7)44-40-53/h27-29,33-34,37-44,49-50,56-57,59-60H,9-26,30-32,35-36,46-48H2,1-8H3,(H,63,65)/t56-,57-,59+,60+/m0/s1. The molecule has 72 heavy (non-hydrogen) atoms. The average molecular weight is 1010 g/mol. The molecule has 402 valence electrons. The molecule has 0 saturated carbocycles. The Morgan fingerprint density at radius 3 is 1.56 bits per heavy atom. The number of nitrogens with zero attached hydrogens (tertiary/aromatic N) is 2. The van der Waals surface area contributed by atoms with E-state index >= 15 is 4.57 Å². The molecule has 0 spiro atoms. The van der Waals surface area contributed by atoms with E-state index in [0.29, 0.717) is 32.4 Å². The third-order valence-corrected chi connectivity index (χ3v) is 19.2. The van der Waals surface area contributed by atoms with Crippen LogP contribution >= 0.6 is 7.29 Å². The van der Waals surface area contributed by atoms with Crippen LogP contribution in [0.25, 0.3) is 0 Å². The number of methoxy groups -OCH3 is 3. The molecule has 1 aliphatic rings. The highest BCUT2D eigenvalue weighted by Gasteiger charge is 2.54. The summed E-state index contributed by atoms with van der Waals surface area (Å²) in [6, 6.07) is 27.9. The number of nitrogens with one attached hydrogen (secondary N) is 1. The van der Waals surface area contributed by atoms with Crippen molar-refractivity contribution in [1.29, 1.82) is 5.26 Å². The van der Waals surface area contributed by atoms with Crippen molar-refractivity contribution in [2.24, 2.45) is 0 Å². The second-order valence-electron chi connectivity index (χ2n) is 20.8. The third kappa shape index (κ3) is 18.3. The summed E-state index contributed by atoms with van der Waals surface area (Å²) in [4.78, 5) is 13.0. The molecule has 0 aromatic heterocycles. The number of unbranched alkanes of at least 4 members (excludes halogenated alkanes) is 18. The number of hydrogen-bond acceptors (Lipinski definition) is 8. The van der Waals surface area contributed by atoms with Gasteiger partial charge in [-0.25, -0.2) is 4.67 Å². The van der Waals surface area contributed by atoms with Gasteiger partial charge in [-0.3, -0.25) is 4.79 Å². The largest absolute Gasteiger partial charge is 0.497 e. The Hall–Kier alpha value is -3.71. The molecule has 1 heterocycles. The number of rotatable bonds is 39. The number of carbonyl (C=O) groups excluding carboxylic acids is 1. The van der Waals surface area contributed by atoms with E-state index in [1.54, 1.807) is 21.3 Å². The van der Waals surface area contributed by atoms with Crippen LogP contribution in [0.2, 0.25) is 0 Å². The second-order valence-corrected chi connectivity index (χ2v) is 24.7. The number of hydrogen-bond donors (Lipinski definition) is 1. The molecule has 1 amide bonds. The fraction of sp³-hybridized carbons (Fsp3) is 0.672. The molecule has 3 aromatic carbocycles. The van der Waals surface area contributed by atoms with E-state index in [1.807, 2.05) is 94.4 Å². The van der Waals surface area contributed by atoms with E-state index in [2.05, 4.69) is 35.1 Å². The maximum atomic E-state index is 15.5. The van der Waals surface area contributed by atoms with Gasteiger partial charge in [-0.2, -0.15) is 5.26 Å². The topological polar surface area (TPSA) is 119 Å². The van der Waals surface area contributed by atoms with Crippen molar-refractivity contribution in [3.63, 3.8) is 0 Å². The number of amides is 1. The minimum absolute atomic E-state index is 0.0913. The van der Waals surface area contributed by atoms with Crippen molar-refractivity contribution in [3.8, 4) is 17.6 Å². The zero-order valence-electron chi connectivity index (χ0n) is 46.1. The van der Waals surface area contributed by atoms with Gasteiger partial charge >= 0.3 is 0 Å². The molecule has 1 N–H and O–H groups in total. The van der Waals surface area contributed by atoms with Gasteiger partial charge in [-0.15, -0.1) is 0 Å². The van der Waals surface area contributed by atoms with Crippen molar-refractivity contribution in [2.75, 3.05) is 41.0 Å². The number of benzene rings is 3. The first-order valence-corrected chi connectivity index (χ1v) is 30.0. The lowest BCUT2D eigenvalue weighted by Gasteiger charge is -2.44. The van der Waals surface area contributed by atoms with E-state index in [4.69, 9.17) is 23.7 Å². The summed E-state index contributed by atoms with van der Waals surface area (Å²) >= 11 is 0. The predicted molar refractivity (Wildman–Crippen MR) is 297 cm³/mol. The average Bonchev–Trinajstić information content (AvgIpc) is 3.75. The summed E-state index contributed by atoms with van der Waals surface area (Å²) in [6.45, 7) is 11.3. The van der Waals surface area contributed by atoms with Crippen LogP contribution in [0.3, 0.4) is 0 Å². The Morgan fingerprint density at radius 2 is 1.12 bits per heavy atom. The summed E-state index contributed by atoms with van der Waals surface area (Å²) in [6.07, 6.45) is 25.8. The van der Waals surface area contributed by atoms with Gasteiger partial charge in [0.15, 0.2) is 7.29 Å². The van der Waals surface area contributed by atoms with Crippen molar-refractivity contribution < 1.29 is 33.0 Å². The van der Waals surface area contributed by atoms with Gasteiger partial charge in [0.2, 0.25) is 5.91 Å². The summed E-state index contributed by atoms with van der Waals surface area (Å²) < 4.78 is 49.7. The van der Waals surface area contributed by atoms with E-state index in [-0.39, 0.29) is 36.4 Å². The molecule has 1 aliphatic heterocycles. The van der Waals surface area contributed by atoms with Gasteiger partial charge in [0.1, 0.15) is 23.2 Å². The molecule has 1 fully saturated rings. The highest BCUT2D eigenvalue weighted by atomic mass is 31.2. The van der Waals surface area contributed by atoms with Crippen LogP contribution in [0.15, 0.2) is 78.9 Å². The molecule has 11 heteroatoms. The monoisotopic (exact) mass is 1010 g/mol. The third-order valence-electron chi connectivity index (χ3n) is 15.0. The smallest absolute Gasteiger partial charge is 0.219 e. The Morgan fingerprint density at radius 1 is 0.667 bits per heavy atom. The lowest BCUT2D eigenvalue weighted by molar-refractivity contribution is -0.121. The molecule has 0 radical (unpaired) electrons. The van der Waals surface area contributed by atoms with Crippen molar-refractivity contribution >= 4 is 13.2 Å². The summed E-state index contributed by atoms with van der Waals surface area (Å²) in [5, 5.41) is 13.1. The molecule has 4 rings (SSSR count). The molecule has 4 atom stereocenters. The zero-order valence-corrected chi connectivity index (χ0v) is 46.9. The van der Waals surface area contributed by atoms with Crippen molar-refractivity contribution in [3.05, 3.63) is 95.6 Å². The lowest BCUT2D eigenvalue weighted by atomic mass is 9.80. The van der Waals surface area contributed by atoms with Crippen LogP contribution in [-0.4, -0.2) is 87.3 Å². The fourth-order valence-corrected chi connectivity index (χ4v) is 14.5. The van der Waals surface area contributed by atoms with Crippen LogP contribution in [0, 0.1) is 11.3 Å². The number of carbonyl (C=O) groups is 1. The maximum absolute atomic E-state index is 15.5. The molecule has 10 nitrogen and oxygen atoms in total. The Bertz CT molecular complexity index is 1930. The summed E-state index contributed by atoms with van der Waals surface area (Å²) in [5.41, 5.74) is 1.23. The molecular weight excluding hydrogens is 918 g/mol. The quantitative estimate of drug-likeness (QED) is 0.0338. The van der Waals surface area contributed by atoms with Crippen molar-refractivity contribution in [2.45, 2.75) is 224 Å². The van der Waals surface area contributed by atoms with E-state index in [0.717, 1.165) is 41.0 Å². The van der Waals surface area contributed by atoms with Gasteiger partial charge < -0.3 is 33.6 Å². The van der Waals surface area contributed by atoms with E-state index in [1.165, 1.54) is 109 Å². The lowest BCUT2D eigenvalue weighted by Crippen LogP contribution is -2.51. The molecule has 1 saturated heterocycles. The number of ether oxygens (including phenoxy) is 5. The molecule has 0 bridgehead atoms. The van der Waals surface area contributed by atoms with Gasteiger partial charge in [-0.1, -0.05) is 205 Å². The highest BCUT2D eigenvalue weighted by Crippen LogP contribution is 2.61. The fourth-order valence-electron chi connectivity index (χ4n) is 11.0. The van der Waals surface area contributed by atoms with Crippen molar-refractivity contribution in [1.82, 2.24) is 9.99 Å². The van der Waals surface area contributed by atoms with Crippen LogP contribution in [-0.2, 0) is 29.2 Å². The predicted octanol–water partition coefficient (Wildman–Crippen LogP) is 15.2. The van der Waals surface area contributed by atoms with E-state index < -0.39 is 31.1 Å². The van der Waals surface area contributed by atoms with Gasteiger partial charge in [-0.05, 0) is 60.2 Å². The van der Waals surface area contributed by atoms with Gasteiger partial charge in [0, 0.05) is 44.4 Å². The highest BCUT2D eigenvalue weighted by molar-refractivity contribution is 7.62. The Balaban J connectivity index is 1.38. The first-order valence-electron chi connectivity index (χ1n) is 28.2. The minimum atomic E-state index is -3.12. The Labute approximate surface area is 437 Å².